The van der Waals surface area contributed by atoms with Crippen LogP contribution >= 0.6 is 23.2 Å². The second-order valence-electron chi connectivity index (χ2n) is 4.08. The van der Waals surface area contributed by atoms with Crippen LogP contribution in [-0.4, -0.2) is 23.3 Å². The average molecular weight is 286 g/mol. The number of benzene rings is 1. The number of amidine groups is 1. The number of nitrogens with one attached hydrogen (secondary N) is 2. The largest absolute Gasteiger partial charge is 0.323 e. The number of urea groups is 1. The van der Waals surface area contributed by atoms with Gasteiger partial charge < -0.3 is 4.90 Å². The first-order valence-corrected chi connectivity index (χ1v) is 6.41. The van der Waals surface area contributed by atoms with Crippen molar-refractivity contribution < 1.29 is 4.79 Å². The fourth-order valence-electron chi connectivity index (χ4n) is 2.07. The van der Waals surface area contributed by atoms with E-state index in [2.05, 4.69) is 5.32 Å². The number of nitrogens with zero attached hydrogens (tertiary/aromatic N) is 1. The van der Waals surface area contributed by atoms with E-state index >= 15 is 0 Å². The molecule has 4 nitrogen and oxygen atoms in total. The lowest BCUT2D eigenvalue weighted by Gasteiger charge is -2.23. The topological polar surface area (TPSA) is 56.2 Å². The zero-order valence-corrected chi connectivity index (χ0v) is 11.3. The van der Waals surface area contributed by atoms with E-state index in [1.165, 1.54) is 0 Å². The van der Waals surface area contributed by atoms with Crippen LogP contribution in [0.2, 0.25) is 10.0 Å². The summed E-state index contributed by atoms with van der Waals surface area (Å²) in [5.74, 6) is 0.114. The van der Waals surface area contributed by atoms with E-state index in [9.17, 15) is 4.79 Å². The van der Waals surface area contributed by atoms with Gasteiger partial charge in [-0.15, -0.1) is 0 Å². The van der Waals surface area contributed by atoms with Crippen LogP contribution in [0.5, 0.6) is 0 Å². The Bertz CT molecular complexity index is 484. The van der Waals surface area contributed by atoms with Crippen molar-refractivity contribution in [3.05, 3.63) is 33.8 Å². The average Bonchev–Trinajstić information content (AvgIpc) is 2.56. The molecule has 6 heteroatoms. The summed E-state index contributed by atoms with van der Waals surface area (Å²) in [6.45, 7) is 2.53. The molecule has 1 aliphatic rings. The maximum atomic E-state index is 11.8. The zero-order chi connectivity index (χ0) is 13.3. The molecule has 0 saturated carbocycles. The number of amides is 2. The molecule has 2 N–H and O–H groups in total. The number of carbonyl (C=O) groups is 1. The van der Waals surface area contributed by atoms with Crippen molar-refractivity contribution in [2.24, 2.45) is 0 Å². The zero-order valence-electron chi connectivity index (χ0n) is 9.84. The molecule has 1 atom stereocenters. The number of rotatable bonds is 3. The lowest BCUT2D eigenvalue weighted by molar-refractivity contribution is 0.206. The van der Waals surface area contributed by atoms with Crippen LogP contribution in [0.4, 0.5) is 4.79 Å². The third kappa shape index (κ3) is 2.18. The Hall–Kier alpha value is -1.26. The maximum Gasteiger partial charge on any atom is 0.323 e. The molecule has 0 aliphatic carbocycles. The summed E-state index contributed by atoms with van der Waals surface area (Å²) >= 11 is 12.3. The van der Waals surface area contributed by atoms with Gasteiger partial charge in [0, 0.05) is 22.2 Å². The van der Waals surface area contributed by atoms with Gasteiger partial charge in [-0.2, -0.15) is 0 Å². The molecular formula is C12H13Cl2N3O. The highest BCUT2D eigenvalue weighted by Gasteiger charge is 2.38. The first kappa shape index (κ1) is 13.2. The Morgan fingerprint density at radius 1 is 1.39 bits per heavy atom. The fourth-order valence-corrected chi connectivity index (χ4v) is 2.68. The second-order valence-corrected chi connectivity index (χ2v) is 4.89. The summed E-state index contributed by atoms with van der Waals surface area (Å²) in [4.78, 5) is 13.3. The van der Waals surface area contributed by atoms with Gasteiger partial charge in [-0.1, -0.05) is 36.2 Å². The summed E-state index contributed by atoms with van der Waals surface area (Å²) in [5.41, 5.74) is 0.609. The van der Waals surface area contributed by atoms with E-state index in [-0.39, 0.29) is 11.9 Å². The van der Waals surface area contributed by atoms with E-state index in [1.807, 2.05) is 6.92 Å². The van der Waals surface area contributed by atoms with Gasteiger partial charge in [0.2, 0.25) is 0 Å². The van der Waals surface area contributed by atoms with Crippen LogP contribution in [-0.2, 0) is 0 Å². The summed E-state index contributed by atoms with van der Waals surface area (Å²) in [6, 6.07) is 4.37. The van der Waals surface area contributed by atoms with E-state index in [4.69, 9.17) is 28.6 Å². The molecule has 1 aromatic rings. The number of hydrogen-bond acceptors (Lipinski definition) is 2. The van der Waals surface area contributed by atoms with Crippen LogP contribution in [0.1, 0.15) is 24.9 Å². The molecule has 2 amide bonds. The molecule has 1 heterocycles. The molecule has 0 radical (unpaired) electrons. The van der Waals surface area contributed by atoms with E-state index in [1.54, 1.807) is 23.1 Å². The predicted molar refractivity (Wildman–Crippen MR) is 72.5 cm³/mol. The first-order chi connectivity index (χ1) is 8.56. The Kier molecular flexibility index (Phi) is 3.78. The van der Waals surface area contributed by atoms with Crippen molar-refractivity contribution in [1.82, 2.24) is 10.2 Å². The molecule has 0 spiro atoms. The van der Waals surface area contributed by atoms with Gasteiger partial charge in [-0.05, 0) is 18.6 Å². The number of carbonyl (C=O) groups excluding carboxylic acids is 1. The third-order valence-corrected chi connectivity index (χ3v) is 3.48. The van der Waals surface area contributed by atoms with Crippen molar-refractivity contribution in [3.8, 4) is 0 Å². The fraction of sp³-hybridized carbons (Fsp3) is 0.333. The molecule has 96 valence electrons. The third-order valence-electron chi connectivity index (χ3n) is 2.83. The lowest BCUT2D eigenvalue weighted by Crippen LogP contribution is -2.30. The normalized spacial score (nSPS) is 19.3. The quantitative estimate of drug-likeness (QED) is 0.878. The summed E-state index contributed by atoms with van der Waals surface area (Å²) in [6.07, 6.45) is 0.805. The molecule has 18 heavy (non-hydrogen) atoms. The van der Waals surface area contributed by atoms with Crippen LogP contribution in [0.3, 0.4) is 0 Å². The van der Waals surface area contributed by atoms with E-state index in [0.717, 1.165) is 6.42 Å². The van der Waals surface area contributed by atoms with Crippen molar-refractivity contribution in [2.75, 3.05) is 6.54 Å². The summed E-state index contributed by atoms with van der Waals surface area (Å²) < 4.78 is 0. The molecule has 1 aromatic carbocycles. The number of halogens is 2. The smallest absolute Gasteiger partial charge is 0.310 e. The molecule has 0 bridgehead atoms. The van der Waals surface area contributed by atoms with Gasteiger partial charge >= 0.3 is 6.03 Å². The summed E-state index contributed by atoms with van der Waals surface area (Å²) in [7, 11) is 0. The van der Waals surface area contributed by atoms with E-state index in [0.29, 0.717) is 22.2 Å². The van der Waals surface area contributed by atoms with Gasteiger partial charge in [0.15, 0.2) is 0 Å². The van der Waals surface area contributed by atoms with Crippen molar-refractivity contribution in [2.45, 2.75) is 19.4 Å². The van der Waals surface area contributed by atoms with Crippen molar-refractivity contribution in [3.63, 3.8) is 0 Å². The molecule has 1 saturated heterocycles. The minimum atomic E-state index is -0.515. The van der Waals surface area contributed by atoms with Gasteiger partial charge in [0.25, 0.3) is 0 Å². The maximum absolute atomic E-state index is 11.8. The predicted octanol–water partition coefficient (Wildman–Crippen LogP) is 3.45. The molecular weight excluding hydrogens is 273 g/mol. The Morgan fingerprint density at radius 2 is 2.00 bits per heavy atom. The monoisotopic (exact) mass is 285 g/mol. The van der Waals surface area contributed by atoms with Crippen LogP contribution in [0.25, 0.3) is 0 Å². The van der Waals surface area contributed by atoms with Crippen molar-refractivity contribution in [1.29, 1.82) is 5.41 Å². The highest BCUT2D eigenvalue weighted by molar-refractivity contribution is 6.36. The summed E-state index contributed by atoms with van der Waals surface area (Å²) in [5, 5.41) is 11.3. The highest BCUT2D eigenvalue weighted by Crippen LogP contribution is 2.36. The minimum Gasteiger partial charge on any atom is -0.310 e. The highest BCUT2D eigenvalue weighted by atomic mass is 35.5. The lowest BCUT2D eigenvalue weighted by atomic mass is 10.1. The van der Waals surface area contributed by atoms with Gasteiger partial charge in [-0.25, -0.2) is 4.79 Å². The molecule has 1 aliphatic heterocycles. The second kappa shape index (κ2) is 5.16. The first-order valence-electron chi connectivity index (χ1n) is 5.66. The van der Waals surface area contributed by atoms with Crippen LogP contribution < -0.4 is 5.32 Å². The SMILES string of the molecule is CCCN1C(=O)NC(=N)C1c1c(Cl)cccc1Cl. The van der Waals surface area contributed by atoms with Gasteiger partial charge in [0.1, 0.15) is 11.9 Å². The van der Waals surface area contributed by atoms with E-state index < -0.39 is 6.04 Å². The van der Waals surface area contributed by atoms with Crippen molar-refractivity contribution >= 4 is 35.1 Å². The Labute approximate surface area is 115 Å². The molecule has 1 unspecified atom stereocenters. The molecule has 2 rings (SSSR count). The van der Waals surface area contributed by atoms with Crippen LogP contribution in [0, 0.1) is 5.41 Å². The Balaban J connectivity index is 2.47. The minimum absolute atomic E-state index is 0.114. The molecule has 1 fully saturated rings. The van der Waals surface area contributed by atoms with Gasteiger partial charge in [0.05, 0.1) is 0 Å². The Morgan fingerprint density at radius 3 is 2.56 bits per heavy atom. The van der Waals surface area contributed by atoms with Gasteiger partial charge in [-0.3, -0.25) is 10.7 Å². The van der Waals surface area contributed by atoms with Crippen LogP contribution in [0.15, 0.2) is 18.2 Å². The molecule has 0 aromatic heterocycles. The number of hydrogen-bond donors (Lipinski definition) is 2. The standard InChI is InChI=1S/C12H13Cl2N3O/c1-2-6-17-10(11(15)16-12(17)18)9-7(13)4-3-5-8(9)14/h3-5,10H,2,6H2,1H3,(H2,15,16,18).